The predicted octanol–water partition coefficient (Wildman–Crippen LogP) is 2.97. The summed E-state index contributed by atoms with van der Waals surface area (Å²) in [5.74, 6) is 0.734. The first kappa shape index (κ1) is 10.3. The lowest BCUT2D eigenvalue weighted by Crippen LogP contribution is -2.43. The summed E-state index contributed by atoms with van der Waals surface area (Å²) in [5.41, 5.74) is 5.67. The van der Waals surface area contributed by atoms with E-state index in [2.05, 4.69) is 15.9 Å². The summed E-state index contributed by atoms with van der Waals surface area (Å²) in [4.78, 5) is 0. The Morgan fingerprint density at radius 1 is 1.43 bits per heavy atom. The number of hydrogen-bond acceptors (Lipinski definition) is 2. The largest absolute Gasteiger partial charge is 0.489 e. The van der Waals surface area contributed by atoms with Gasteiger partial charge in [0.1, 0.15) is 11.9 Å². The Labute approximate surface area is 96.5 Å². The van der Waals surface area contributed by atoms with Crippen molar-refractivity contribution >= 4 is 27.5 Å². The molecule has 2 nitrogen and oxygen atoms in total. The average molecular weight is 277 g/mol. The molecule has 1 aromatic rings. The summed E-state index contributed by atoms with van der Waals surface area (Å²) in [5, 5.41) is 0.647. The van der Waals surface area contributed by atoms with Crippen molar-refractivity contribution in [1.29, 1.82) is 0 Å². The average Bonchev–Trinajstić information content (AvgIpc) is 2.09. The first-order valence-corrected chi connectivity index (χ1v) is 5.69. The van der Waals surface area contributed by atoms with Crippen molar-refractivity contribution in [2.45, 2.75) is 25.0 Å². The summed E-state index contributed by atoms with van der Waals surface area (Å²) < 4.78 is 6.66. The van der Waals surface area contributed by atoms with Crippen LogP contribution in [0.15, 0.2) is 22.7 Å². The monoisotopic (exact) mass is 275 g/mol. The highest BCUT2D eigenvalue weighted by Gasteiger charge is 2.28. The van der Waals surface area contributed by atoms with Crippen LogP contribution in [0.3, 0.4) is 0 Å². The van der Waals surface area contributed by atoms with Gasteiger partial charge >= 0.3 is 0 Å². The van der Waals surface area contributed by atoms with Gasteiger partial charge in [0.15, 0.2) is 0 Å². The molecule has 0 aliphatic heterocycles. The van der Waals surface area contributed by atoms with Crippen LogP contribution in [-0.2, 0) is 0 Å². The number of hydrogen-bond donors (Lipinski definition) is 1. The van der Waals surface area contributed by atoms with Crippen LogP contribution in [0.5, 0.6) is 5.75 Å². The standard InChI is InChI=1S/C10H11BrClNO/c11-6-1-2-9(12)10(3-6)14-8-4-7(13)5-8/h1-3,7-8H,4-5,13H2. The quantitative estimate of drug-likeness (QED) is 0.901. The Bertz CT molecular complexity index is 339. The van der Waals surface area contributed by atoms with E-state index in [1.165, 1.54) is 0 Å². The third-order valence-corrected chi connectivity index (χ3v) is 3.12. The van der Waals surface area contributed by atoms with Crippen molar-refractivity contribution < 1.29 is 4.74 Å². The molecule has 1 saturated carbocycles. The smallest absolute Gasteiger partial charge is 0.139 e. The van der Waals surface area contributed by atoms with E-state index in [-0.39, 0.29) is 6.10 Å². The zero-order valence-corrected chi connectivity index (χ0v) is 9.88. The van der Waals surface area contributed by atoms with Crippen molar-refractivity contribution in [2.24, 2.45) is 5.73 Å². The van der Waals surface area contributed by atoms with Gasteiger partial charge in [-0.2, -0.15) is 0 Å². The van der Waals surface area contributed by atoms with Gasteiger partial charge in [0.05, 0.1) is 5.02 Å². The maximum absolute atomic E-state index is 5.98. The van der Waals surface area contributed by atoms with Gasteiger partial charge in [-0.05, 0) is 31.0 Å². The van der Waals surface area contributed by atoms with E-state index < -0.39 is 0 Å². The Morgan fingerprint density at radius 3 is 2.79 bits per heavy atom. The molecule has 14 heavy (non-hydrogen) atoms. The van der Waals surface area contributed by atoms with Crippen molar-refractivity contribution in [3.05, 3.63) is 27.7 Å². The molecule has 0 aromatic heterocycles. The minimum atomic E-state index is 0.233. The number of benzene rings is 1. The van der Waals surface area contributed by atoms with E-state index in [0.29, 0.717) is 11.1 Å². The fraction of sp³-hybridized carbons (Fsp3) is 0.400. The third-order valence-electron chi connectivity index (χ3n) is 2.32. The van der Waals surface area contributed by atoms with Crippen molar-refractivity contribution in [1.82, 2.24) is 0 Å². The van der Waals surface area contributed by atoms with E-state index in [1.54, 1.807) is 0 Å². The van der Waals surface area contributed by atoms with Crippen molar-refractivity contribution in [3.63, 3.8) is 0 Å². The molecule has 76 valence electrons. The van der Waals surface area contributed by atoms with E-state index in [1.807, 2.05) is 18.2 Å². The summed E-state index contributed by atoms with van der Waals surface area (Å²) in [6.45, 7) is 0. The van der Waals surface area contributed by atoms with Crippen LogP contribution in [0.25, 0.3) is 0 Å². The van der Waals surface area contributed by atoms with Crippen molar-refractivity contribution in [3.8, 4) is 5.75 Å². The summed E-state index contributed by atoms with van der Waals surface area (Å²) >= 11 is 9.36. The molecule has 0 atom stereocenters. The lowest BCUT2D eigenvalue weighted by Gasteiger charge is -2.32. The molecule has 4 heteroatoms. The summed E-state index contributed by atoms with van der Waals surface area (Å²) in [7, 11) is 0. The first-order chi connectivity index (χ1) is 6.65. The maximum atomic E-state index is 5.98. The zero-order chi connectivity index (χ0) is 10.1. The van der Waals surface area contributed by atoms with Crippen molar-refractivity contribution in [2.75, 3.05) is 0 Å². The Balaban J connectivity index is 2.05. The molecule has 0 bridgehead atoms. The minimum absolute atomic E-state index is 0.233. The van der Waals surface area contributed by atoms with E-state index >= 15 is 0 Å². The molecule has 1 aliphatic carbocycles. The Hall–Kier alpha value is -0.250. The summed E-state index contributed by atoms with van der Waals surface area (Å²) in [6, 6.07) is 5.89. The highest BCUT2D eigenvalue weighted by molar-refractivity contribution is 9.10. The van der Waals surface area contributed by atoms with Crippen LogP contribution in [0.2, 0.25) is 5.02 Å². The van der Waals surface area contributed by atoms with Gasteiger partial charge in [-0.15, -0.1) is 0 Å². The highest BCUT2D eigenvalue weighted by Crippen LogP contribution is 2.32. The van der Waals surface area contributed by atoms with Gasteiger partial charge in [0.25, 0.3) is 0 Å². The number of rotatable bonds is 2. The van der Waals surface area contributed by atoms with Gasteiger partial charge in [-0.25, -0.2) is 0 Å². The van der Waals surface area contributed by atoms with Gasteiger partial charge in [-0.3, -0.25) is 0 Å². The van der Waals surface area contributed by atoms with Crippen LogP contribution in [0, 0.1) is 0 Å². The molecule has 0 unspecified atom stereocenters. The van der Waals surface area contributed by atoms with Crippen LogP contribution in [0.4, 0.5) is 0 Å². The van der Waals surface area contributed by atoms with Crippen LogP contribution in [-0.4, -0.2) is 12.1 Å². The highest BCUT2D eigenvalue weighted by atomic mass is 79.9. The van der Waals surface area contributed by atoms with E-state index in [4.69, 9.17) is 22.1 Å². The van der Waals surface area contributed by atoms with Crippen LogP contribution >= 0.6 is 27.5 Å². The fourth-order valence-corrected chi connectivity index (χ4v) is 1.95. The zero-order valence-electron chi connectivity index (χ0n) is 7.54. The molecule has 0 heterocycles. The number of ether oxygens (including phenoxy) is 1. The molecule has 1 aliphatic rings. The molecular weight excluding hydrogens is 265 g/mol. The Morgan fingerprint density at radius 2 is 2.14 bits per heavy atom. The lowest BCUT2D eigenvalue weighted by atomic mass is 9.90. The Kier molecular flexibility index (Phi) is 3.00. The molecule has 0 saturated heterocycles. The lowest BCUT2D eigenvalue weighted by molar-refractivity contribution is 0.101. The molecule has 0 spiro atoms. The van der Waals surface area contributed by atoms with Gasteiger partial charge in [0.2, 0.25) is 0 Å². The maximum Gasteiger partial charge on any atom is 0.139 e. The molecule has 0 amide bonds. The number of nitrogens with two attached hydrogens (primary N) is 1. The summed E-state index contributed by atoms with van der Waals surface area (Å²) in [6.07, 6.45) is 2.07. The SMILES string of the molecule is NC1CC(Oc2cc(Br)ccc2Cl)C1. The second kappa shape index (κ2) is 4.09. The van der Waals surface area contributed by atoms with Gasteiger partial charge < -0.3 is 10.5 Å². The molecule has 1 aromatic carbocycles. The molecular formula is C10H11BrClNO. The topological polar surface area (TPSA) is 35.2 Å². The molecule has 2 rings (SSSR count). The first-order valence-electron chi connectivity index (χ1n) is 4.52. The molecule has 2 N–H and O–H groups in total. The van der Waals surface area contributed by atoms with Gasteiger partial charge in [-0.1, -0.05) is 27.5 Å². The second-order valence-electron chi connectivity index (χ2n) is 3.55. The normalized spacial score (nSPS) is 25.6. The van der Waals surface area contributed by atoms with Crippen LogP contribution < -0.4 is 10.5 Å². The predicted molar refractivity (Wildman–Crippen MR) is 60.8 cm³/mol. The van der Waals surface area contributed by atoms with Crippen LogP contribution in [0.1, 0.15) is 12.8 Å². The number of halogens is 2. The fourth-order valence-electron chi connectivity index (χ4n) is 1.45. The second-order valence-corrected chi connectivity index (χ2v) is 4.87. The third kappa shape index (κ3) is 2.22. The van der Waals surface area contributed by atoms with E-state index in [0.717, 1.165) is 23.1 Å². The molecule has 1 fully saturated rings. The molecule has 0 radical (unpaired) electrons. The van der Waals surface area contributed by atoms with Gasteiger partial charge in [0, 0.05) is 10.5 Å². The van der Waals surface area contributed by atoms with E-state index in [9.17, 15) is 0 Å². The minimum Gasteiger partial charge on any atom is -0.489 e.